The molecule has 3 saturated carbocycles. The molecule has 1 aromatic rings. The molecule has 1 aliphatic heterocycles. The summed E-state index contributed by atoms with van der Waals surface area (Å²) in [5.74, 6) is 2.08. The first kappa shape index (κ1) is 43.3. The fourth-order valence-electron chi connectivity index (χ4n) is 11.9. The highest BCUT2D eigenvalue weighted by atomic mass is 16.7. The summed E-state index contributed by atoms with van der Waals surface area (Å²) in [5.41, 5.74) is 2.79. The van der Waals surface area contributed by atoms with Crippen LogP contribution in [0.15, 0.2) is 17.8 Å². The molecule has 0 N–H and O–H groups in total. The fraction of sp³-hybridized carbons (Fsp3) is 0.818. The lowest BCUT2D eigenvalue weighted by Gasteiger charge is -2.58. The molecule has 13 nitrogen and oxygen atoms in total. The Morgan fingerprint density at radius 1 is 0.860 bits per heavy atom. The van der Waals surface area contributed by atoms with Crippen molar-refractivity contribution in [2.24, 2.45) is 46.3 Å². The molecule has 5 aliphatic rings. The second-order valence-electron chi connectivity index (χ2n) is 18.8. The molecule has 1 aromatic heterocycles. The van der Waals surface area contributed by atoms with Crippen LogP contribution in [0, 0.1) is 46.3 Å². The van der Waals surface area contributed by atoms with Crippen molar-refractivity contribution in [1.29, 1.82) is 0 Å². The van der Waals surface area contributed by atoms with Crippen molar-refractivity contribution >= 4 is 23.9 Å². The van der Waals surface area contributed by atoms with Gasteiger partial charge in [0.1, 0.15) is 18.4 Å². The lowest BCUT2D eigenvalue weighted by molar-refractivity contribution is -0.310. The third-order valence-electron chi connectivity index (χ3n) is 14.6. The number of hydrogen-bond donors (Lipinski definition) is 0. The number of esters is 4. The molecular weight excluding hydrogens is 730 g/mol. The highest BCUT2D eigenvalue weighted by Gasteiger charge is 2.59. The molecule has 0 amide bonds. The molecule has 0 bridgehead atoms. The Kier molecular flexibility index (Phi) is 13.6. The zero-order valence-electron chi connectivity index (χ0n) is 35.7. The van der Waals surface area contributed by atoms with Crippen molar-refractivity contribution in [3.63, 3.8) is 0 Å². The highest BCUT2D eigenvalue weighted by molar-refractivity contribution is 5.68. The van der Waals surface area contributed by atoms with Crippen LogP contribution in [0.3, 0.4) is 0 Å². The molecule has 13 heteroatoms. The first-order valence-corrected chi connectivity index (χ1v) is 21.5. The average Bonchev–Trinajstić information content (AvgIpc) is 3.75. The maximum Gasteiger partial charge on any atom is 0.303 e. The summed E-state index contributed by atoms with van der Waals surface area (Å²) in [6, 6.07) is 0.171. The van der Waals surface area contributed by atoms with E-state index < -0.39 is 54.6 Å². The van der Waals surface area contributed by atoms with Crippen molar-refractivity contribution in [2.75, 3.05) is 6.61 Å². The Labute approximate surface area is 338 Å². The topological polar surface area (TPSA) is 154 Å². The van der Waals surface area contributed by atoms with E-state index in [4.69, 9.17) is 28.4 Å². The molecule has 57 heavy (non-hydrogen) atoms. The first-order valence-electron chi connectivity index (χ1n) is 21.5. The number of aromatic nitrogens is 3. The normalized spacial score (nSPS) is 36.6. The summed E-state index contributed by atoms with van der Waals surface area (Å²) in [6.45, 7) is 16.8. The third kappa shape index (κ3) is 9.45. The van der Waals surface area contributed by atoms with Gasteiger partial charge in [0.2, 0.25) is 0 Å². The molecule has 0 aromatic carbocycles. The number of ether oxygens (including phenoxy) is 6. The third-order valence-corrected chi connectivity index (χ3v) is 14.6. The lowest BCUT2D eigenvalue weighted by atomic mass is 9.47. The number of carbonyl (C=O) groups is 4. The molecule has 0 unspecified atom stereocenters. The molecule has 318 valence electrons. The van der Waals surface area contributed by atoms with Crippen LogP contribution >= 0.6 is 0 Å². The Bertz CT molecular complexity index is 1640. The molecule has 2 heterocycles. The van der Waals surface area contributed by atoms with Crippen molar-refractivity contribution < 1.29 is 47.6 Å². The zero-order chi connectivity index (χ0) is 41.2. The standard InChI is InChI=1S/C44H67N3O10/c1-25(2)11-10-12-26(3)35-15-16-36-34-14-13-31-21-33(17-19-43(31,8)37(34)18-20-44(35,36)9)47-22-32(45-46-47)23-53-42-41(56-30(7)51)40(55-29(6)50)39(54-28(5)49)38(57-42)24-52-27(4)48/h13,22,25-26,33-42H,10-12,14-21,23-24H2,1-9H3/t26-,33+,34+,35-,36+,37+,38-,39-,40+,41-,42+,43+,44-/m1/s1. The van der Waals surface area contributed by atoms with Gasteiger partial charge in [-0.15, -0.1) is 5.10 Å². The quantitative estimate of drug-likeness (QED) is 0.104. The summed E-state index contributed by atoms with van der Waals surface area (Å²) < 4.78 is 35.9. The minimum Gasteiger partial charge on any atom is -0.463 e. The SMILES string of the molecule is CC(=O)OC[C@H]1O[C@H](OCc2cn([C@H]3CC[C@@]4(C)C(=CC[C@H]5[C@@H]6CC[C@H]([C@H](C)CCCC(C)C)[C@@]6(C)CC[C@@H]54)C3)nn2)[C@H](OC(C)=O)[C@@H](OC(C)=O)[C@@H]1OC(C)=O. The van der Waals surface area contributed by atoms with E-state index in [1.54, 1.807) is 5.57 Å². The van der Waals surface area contributed by atoms with Crippen molar-refractivity contribution in [1.82, 2.24) is 15.0 Å². The summed E-state index contributed by atoms with van der Waals surface area (Å²) in [7, 11) is 0. The molecule has 1 saturated heterocycles. The van der Waals surface area contributed by atoms with Crippen molar-refractivity contribution in [2.45, 2.75) is 176 Å². The van der Waals surface area contributed by atoms with E-state index >= 15 is 0 Å². The van der Waals surface area contributed by atoms with E-state index in [1.165, 1.54) is 79.1 Å². The largest absolute Gasteiger partial charge is 0.463 e. The fourth-order valence-corrected chi connectivity index (χ4v) is 11.9. The maximum absolute atomic E-state index is 12.2. The number of nitrogens with zero attached hydrogens (tertiary/aromatic N) is 3. The second kappa shape index (κ2) is 17.9. The second-order valence-corrected chi connectivity index (χ2v) is 18.8. The van der Waals surface area contributed by atoms with Crippen LogP contribution in [0.5, 0.6) is 0 Å². The van der Waals surface area contributed by atoms with Crippen molar-refractivity contribution in [3.8, 4) is 0 Å². The van der Waals surface area contributed by atoms with Crippen LogP contribution in [0.2, 0.25) is 0 Å². The molecule has 0 radical (unpaired) electrons. The molecule has 13 atom stereocenters. The van der Waals surface area contributed by atoms with Crippen molar-refractivity contribution in [3.05, 3.63) is 23.5 Å². The molecule has 4 aliphatic carbocycles. The number of allylic oxidation sites excluding steroid dienone is 2. The summed E-state index contributed by atoms with van der Waals surface area (Å²) in [4.78, 5) is 48.2. The van der Waals surface area contributed by atoms with Gasteiger partial charge in [0.15, 0.2) is 24.6 Å². The Balaban J connectivity index is 1.12. The van der Waals surface area contributed by atoms with E-state index in [-0.39, 0.29) is 24.7 Å². The van der Waals surface area contributed by atoms with Gasteiger partial charge in [-0.3, -0.25) is 19.2 Å². The Morgan fingerprint density at radius 2 is 1.56 bits per heavy atom. The Hall–Kier alpha value is -3.32. The number of carbonyl (C=O) groups excluding carboxylic acids is 4. The molecular formula is C44H67N3O10. The number of fused-ring (bicyclic) bond motifs is 5. The number of rotatable bonds is 14. The predicted octanol–water partition coefficient (Wildman–Crippen LogP) is 7.46. The number of hydrogen-bond acceptors (Lipinski definition) is 12. The average molecular weight is 798 g/mol. The van der Waals surface area contributed by atoms with E-state index in [1.807, 2.05) is 10.9 Å². The minimum absolute atomic E-state index is 0.0673. The summed E-state index contributed by atoms with van der Waals surface area (Å²) in [5, 5.41) is 8.96. The van der Waals surface area contributed by atoms with Gasteiger partial charge >= 0.3 is 23.9 Å². The van der Waals surface area contributed by atoms with Gasteiger partial charge in [-0.25, -0.2) is 4.68 Å². The predicted molar refractivity (Wildman–Crippen MR) is 209 cm³/mol. The zero-order valence-corrected chi connectivity index (χ0v) is 35.7. The molecule has 0 spiro atoms. The summed E-state index contributed by atoms with van der Waals surface area (Å²) in [6.07, 6.45) is 12.1. The molecule has 4 fully saturated rings. The molecule has 6 rings (SSSR count). The van der Waals surface area contributed by atoms with E-state index in [9.17, 15) is 19.2 Å². The van der Waals surface area contributed by atoms with Crippen LogP contribution < -0.4 is 0 Å². The first-order chi connectivity index (χ1) is 27.0. The maximum atomic E-state index is 12.2. The van der Waals surface area contributed by atoms with Gasteiger partial charge in [0, 0.05) is 27.7 Å². The Morgan fingerprint density at radius 3 is 2.25 bits per heavy atom. The van der Waals surface area contributed by atoms with Crippen LogP contribution in [0.4, 0.5) is 0 Å². The highest BCUT2D eigenvalue weighted by Crippen LogP contribution is 2.67. The van der Waals surface area contributed by atoms with Gasteiger partial charge < -0.3 is 28.4 Å². The van der Waals surface area contributed by atoms with Crippen LogP contribution in [0.25, 0.3) is 0 Å². The van der Waals surface area contributed by atoms with Crippen LogP contribution in [0.1, 0.15) is 145 Å². The van der Waals surface area contributed by atoms with Gasteiger partial charge in [-0.2, -0.15) is 0 Å². The van der Waals surface area contributed by atoms with E-state index in [0.717, 1.165) is 54.8 Å². The van der Waals surface area contributed by atoms with E-state index in [2.05, 4.69) is 51.0 Å². The van der Waals surface area contributed by atoms with Crippen LogP contribution in [-0.4, -0.2) is 76.2 Å². The smallest absolute Gasteiger partial charge is 0.303 e. The van der Waals surface area contributed by atoms with Gasteiger partial charge in [0.25, 0.3) is 0 Å². The van der Waals surface area contributed by atoms with E-state index in [0.29, 0.717) is 11.1 Å². The van der Waals surface area contributed by atoms with Gasteiger partial charge in [0.05, 0.1) is 18.8 Å². The van der Waals surface area contributed by atoms with Gasteiger partial charge in [-0.1, -0.05) is 70.7 Å². The summed E-state index contributed by atoms with van der Waals surface area (Å²) >= 11 is 0. The monoisotopic (exact) mass is 797 g/mol. The lowest BCUT2D eigenvalue weighted by Crippen LogP contribution is -2.62. The van der Waals surface area contributed by atoms with Gasteiger partial charge in [-0.05, 0) is 97.7 Å². The van der Waals surface area contributed by atoms with Crippen LogP contribution in [-0.2, 0) is 54.2 Å². The minimum atomic E-state index is -1.30.